The molecular formula is C22H27BrN2O4. The van der Waals surface area contributed by atoms with Gasteiger partial charge in [0.1, 0.15) is 11.5 Å². The normalized spacial score (nSPS) is 12.1. The van der Waals surface area contributed by atoms with Crippen LogP contribution >= 0.6 is 15.9 Å². The van der Waals surface area contributed by atoms with Gasteiger partial charge < -0.3 is 9.47 Å². The maximum atomic E-state index is 12.1. The fraction of sp³-hybridized carbons (Fsp3) is 0.364. The summed E-state index contributed by atoms with van der Waals surface area (Å²) < 4.78 is 11.8. The van der Waals surface area contributed by atoms with Crippen LogP contribution in [0.25, 0.3) is 0 Å². The number of hydrazine groups is 1. The summed E-state index contributed by atoms with van der Waals surface area (Å²) in [5.74, 6) is 0.189. The average Bonchev–Trinajstić information content (AvgIpc) is 2.65. The Balaban J connectivity index is 1.78. The van der Waals surface area contributed by atoms with Crippen molar-refractivity contribution < 1.29 is 19.1 Å². The summed E-state index contributed by atoms with van der Waals surface area (Å²) in [6, 6.07) is 13.2. The molecule has 7 heteroatoms. The molecular weight excluding hydrogens is 436 g/mol. The zero-order valence-electron chi connectivity index (χ0n) is 17.3. The minimum absolute atomic E-state index is 0.0437. The molecule has 1 atom stereocenters. The molecule has 0 saturated carbocycles. The van der Waals surface area contributed by atoms with Crippen molar-refractivity contribution in [2.24, 2.45) is 0 Å². The Morgan fingerprint density at radius 2 is 1.72 bits per heavy atom. The van der Waals surface area contributed by atoms with Crippen LogP contribution in [-0.2, 0) is 15.0 Å². The van der Waals surface area contributed by atoms with Gasteiger partial charge >= 0.3 is 0 Å². The Morgan fingerprint density at radius 3 is 2.31 bits per heavy atom. The summed E-state index contributed by atoms with van der Waals surface area (Å²) in [7, 11) is 0. The summed E-state index contributed by atoms with van der Waals surface area (Å²) in [6.07, 6.45) is -0.775. The molecule has 1 unspecified atom stereocenters. The van der Waals surface area contributed by atoms with Gasteiger partial charge in [-0.3, -0.25) is 20.4 Å². The molecule has 0 saturated heterocycles. The van der Waals surface area contributed by atoms with Gasteiger partial charge in [0.25, 0.3) is 11.8 Å². The summed E-state index contributed by atoms with van der Waals surface area (Å²) >= 11 is 3.38. The van der Waals surface area contributed by atoms with Gasteiger partial charge in [0.15, 0.2) is 12.7 Å². The highest BCUT2D eigenvalue weighted by atomic mass is 79.9. The molecule has 0 aromatic heterocycles. The number of benzene rings is 2. The van der Waals surface area contributed by atoms with Crippen molar-refractivity contribution >= 4 is 27.7 Å². The van der Waals surface area contributed by atoms with Crippen LogP contribution in [0, 0.1) is 6.92 Å². The first-order chi connectivity index (χ1) is 13.6. The number of halogens is 1. The molecule has 156 valence electrons. The monoisotopic (exact) mass is 462 g/mol. The molecule has 0 heterocycles. The van der Waals surface area contributed by atoms with E-state index < -0.39 is 17.9 Å². The first-order valence-electron chi connectivity index (χ1n) is 9.31. The Bertz CT molecular complexity index is 860. The second-order valence-corrected chi connectivity index (χ2v) is 8.65. The third-order valence-electron chi connectivity index (χ3n) is 4.17. The van der Waals surface area contributed by atoms with Crippen LogP contribution in [0.15, 0.2) is 46.9 Å². The lowest BCUT2D eigenvalue weighted by molar-refractivity contribution is -0.133. The van der Waals surface area contributed by atoms with Gasteiger partial charge in [-0.15, -0.1) is 0 Å². The minimum Gasteiger partial charge on any atom is -0.483 e. The van der Waals surface area contributed by atoms with Crippen LogP contribution < -0.4 is 20.3 Å². The molecule has 0 spiro atoms. The summed E-state index contributed by atoms with van der Waals surface area (Å²) in [5.41, 5.74) is 6.95. The fourth-order valence-corrected chi connectivity index (χ4v) is 3.03. The number of hydrogen-bond donors (Lipinski definition) is 2. The van der Waals surface area contributed by atoms with Gasteiger partial charge in [-0.25, -0.2) is 0 Å². The minimum atomic E-state index is -0.775. The summed E-state index contributed by atoms with van der Waals surface area (Å²) in [4.78, 5) is 24.0. The summed E-state index contributed by atoms with van der Waals surface area (Å²) in [5, 5.41) is 0. The van der Waals surface area contributed by atoms with E-state index in [1.165, 1.54) is 5.56 Å². The Hall–Kier alpha value is -2.54. The molecule has 2 amide bonds. The van der Waals surface area contributed by atoms with Gasteiger partial charge in [-0.1, -0.05) is 39.0 Å². The van der Waals surface area contributed by atoms with Crippen molar-refractivity contribution in [3.63, 3.8) is 0 Å². The lowest BCUT2D eigenvalue weighted by Gasteiger charge is -2.20. The van der Waals surface area contributed by atoms with E-state index in [1.54, 1.807) is 13.0 Å². The molecule has 0 aliphatic carbocycles. The van der Waals surface area contributed by atoms with Crippen LogP contribution in [0.1, 0.15) is 38.8 Å². The van der Waals surface area contributed by atoms with Crippen molar-refractivity contribution in [1.29, 1.82) is 0 Å². The smallest absolute Gasteiger partial charge is 0.279 e. The Labute approximate surface area is 180 Å². The van der Waals surface area contributed by atoms with E-state index in [2.05, 4.69) is 47.6 Å². The molecule has 0 fully saturated rings. The van der Waals surface area contributed by atoms with Gasteiger partial charge in [0.2, 0.25) is 0 Å². The van der Waals surface area contributed by atoms with Crippen LogP contribution in [0.3, 0.4) is 0 Å². The number of carbonyl (C=O) groups is 2. The number of nitrogens with one attached hydrogen (secondary N) is 2. The number of carbonyl (C=O) groups excluding carboxylic acids is 2. The van der Waals surface area contributed by atoms with Gasteiger partial charge in [-0.05, 0) is 70.6 Å². The summed E-state index contributed by atoms with van der Waals surface area (Å²) in [6.45, 7) is 9.72. The molecule has 0 aliphatic heterocycles. The van der Waals surface area contributed by atoms with E-state index in [4.69, 9.17) is 9.47 Å². The van der Waals surface area contributed by atoms with Crippen LogP contribution in [0.5, 0.6) is 11.5 Å². The maximum Gasteiger partial charge on any atom is 0.279 e. The molecule has 2 rings (SSSR count). The molecule has 0 radical (unpaired) electrons. The van der Waals surface area contributed by atoms with E-state index in [1.807, 2.05) is 43.3 Å². The van der Waals surface area contributed by atoms with E-state index in [9.17, 15) is 9.59 Å². The molecule has 6 nitrogen and oxygen atoms in total. The number of ether oxygens (including phenoxy) is 2. The molecule has 2 N–H and O–H groups in total. The Kier molecular flexibility index (Phi) is 7.67. The topological polar surface area (TPSA) is 76.7 Å². The van der Waals surface area contributed by atoms with Crippen LogP contribution in [-0.4, -0.2) is 24.5 Å². The SMILES string of the molecule is Cc1ccc(OCC(=O)NNC(=O)C(C)Oc2ccc(C(C)(C)C)cc2)c(Br)c1. The van der Waals surface area contributed by atoms with Gasteiger partial charge in [0.05, 0.1) is 4.47 Å². The molecule has 2 aromatic carbocycles. The second-order valence-electron chi connectivity index (χ2n) is 7.79. The highest BCUT2D eigenvalue weighted by molar-refractivity contribution is 9.10. The van der Waals surface area contributed by atoms with Crippen LogP contribution in [0.2, 0.25) is 0 Å². The highest BCUT2D eigenvalue weighted by Gasteiger charge is 2.17. The standard InChI is InChI=1S/C22H27BrN2O4/c1-14-6-11-19(18(23)12-14)28-13-20(26)24-25-21(27)15(2)29-17-9-7-16(8-10-17)22(3,4)5/h6-12,15H,13H2,1-5H3,(H,24,26)(H,25,27). The number of rotatable bonds is 6. The highest BCUT2D eigenvalue weighted by Crippen LogP contribution is 2.26. The van der Waals surface area contributed by atoms with Crippen molar-refractivity contribution in [2.75, 3.05) is 6.61 Å². The number of amides is 2. The third kappa shape index (κ3) is 7.09. The molecule has 0 aliphatic rings. The van der Waals surface area contributed by atoms with E-state index in [0.29, 0.717) is 11.5 Å². The van der Waals surface area contributed by atoms with Crippen molar-refractivity contribution in [3.05, 3.63) is 58.1 Å². The molecule has 0 bridgehead atoms. The quantitative estimate of drug-likeness (QED) is 0.634. The van der Waals surface area contributed by atoms with E-state index >= 15 is 0 Å². The third-order valence-corrected chi connectivity index (χ3v) is 4.79. The maximum absolute atomic E-state index is 12.1. The van der Waals surface area contributed by atoms with E-state index in [-0.39, 0.29) is 12.0 Å². The average molecular weight is 463 g/mol. The second kappa shape index (κ2) is 9.78. The number of hydrogen-bond acceptors (Lipinski definition) is 4. The van der Waals surface area contributed by atoms with Crippen molar-refractivity contribution in [2.45, 2.75) is 46.1 Å². The van der Waals surface area contributed by atoms with E-state index in [0.717, 1.165) is 10.0 Å². The predicted molar refractivity (Wildman–Crippen MR) is 116 cm³/mol. The van der Waals surface area contributed by atoms with Crippen molar-refractivity contribution in [1.82, 2.24) is 10.9 Å². The fourth-order valence-electron chi connectivity index (χ4n) is 2.43. The lowest BCUT2D eigenvalue weighted by atomic mass is 9.87. The van der Waals surface area contributed by atoms with Crippen LogP contribution in [0.4, 0.5) is 0 Å². The zero-order valence-corrected chi connectivity index (χ0v) is 18.9. The van der Waals surface area contributed by atoms with Gasteiger partial charge in [0, 0.05) is 0 Å². The first-order valence-corrected chi connectivity index (χ1v) is 10.1. The predicted octanol–water partition coefficient (Wildman–Crippen LogP) is 4.05. The number of aryl methyl sites for hydroxylation is 1. The van der Waals surface area contributed by atoms with Crippen molar-refractivity contribution in [3.8, 4) is 11.5 Å². The molecule has 29 heavy (non-hydrogen) atoms. The Morgan fingerprint density at radius 1 is 1.07 bits per heavy atom. The molecule has 2 aromatic rings. The lowest BCUT2D eigenvalue weighted by Crippen LogP contribution is -2.48. The first kappa shape index (κ1) is 22.7. The van der Waals surface area contributed by atoms with Gasteiger partial charge in [-0.2, -0.15) is 0 Å². The zero-order chi connectivity index (χ0) is 21.6. The largest absolute Gasteiger partial charge is 0.483 e.